The minimum absolute atomic E-state index is 0.203. The molecule has 4 rings (SSSR count). The third-order valence-corrected chi connectivity index (χ3v) is 15.3. The van der Waals surface area contributed by atoms with Crippen LogP contribution in [0, 0.1) is 6.92 Å². The van der Waals surface area contributed by atoms with Crippen LogP contribution in [0.2, 0.25) is 16.6 Å². The monoisotopic (exact) mass is 661 g/mol. The second-order valence-electron chi connectivity index (χ2n) is 12.9. The van der Waals surface area contributed by atoms with Gasteiger partial charge in [0.1, 0.15) is 12.4 Å². The summed E-state index contributed by atoms with van der Waals surface area (Å²) >= 11 is 0. The third kappa shape index (κ3) is 7.37. The van der Waals surface area contributed by atoms with Crippen molar-refractivity contribution in [1.29, 1.82) is 0 Å². The normalized spacial score (nSPS) is 14.7. The van der Waals surface area contributed by atoms with Crippen molar-refractivity contribution in [2.75, 3.05) is 27.9 Å². The van der Waals surface area contributed by atoms with Crippen molar-refractivity contribution in [2.24, 2.45) is 0 Å². The quantitative estimate of drug-likeness (QED) is 0.159. The number of rotatable bonds is 14. The fourth-order valence-electron chi connectivity index (χ4n) is 7.16. The lowest BCUT2D eigenvalue weighted by molar-refractivity contribution is -0.0543. The van der Waals surface area contributed by atoms with E-state index in [2.05, 4.69) is 41.5 Å². The van der Waals surface area contributed by atoms with Crippen LogP contribution in [0.4, 0.5) is 4.79 Å². The Hall–Kier alpha value is -3.79. The van der Waals surface area contributed by atoms with E-state index in [-0.39, 0.29) is 19.8 Å². The molecule has 0 spiro atoms. The van der Waals surface area contributed by atoms with Crippen molar-refractivity contribution >= 4 is 20.5 Å². The number of amides is 1. The van der Waals surface area contributed by atoms with Gasteiger partial charge in [-0.3, -0.25) is 0 Å². The molecule has 8 nitrogen and oxygen atoms in total. The Labute approximate surface area is 281 Å². The first-order chi connectivity index (χ1) is 22.5. The Balaban J connectivity index is 1.95. The van der Waals surface area contributed by atoms with E-state index in [0.29, 0.717) is 45.1 Å². The van der Waals surface area contributed by atoms with E-state index in [1.807, 2.05) is 73.7 Å². The van der Waals surface area contributed by atoms with Gasteiger partial charge in [0.15, 0.2) is 17.7 Å². The van der Waals surface area contributed by atoms with E-state index in [1.165, 1.54) is 7.11 Å². The van der Waals surface area contributed by atoms with Crippen LogP contribution in [0.25, 0.3) is 6.08 Å². The molecule has 254 valence electrons. The maximum atomic E-state index is 13.8. The van der Waals surface area contributed by atoms with E-state index in [1.54, 1.807) is 19.1 Å². The van der Waals surface area contributed by atoms with Crippen molar-refractivity contribution in [3.05, 3.63) is 94.2 Å². The minimum atomic E-state index is -2.32. The van der Waals surface area contributed by atoms with E-state index in [0.717, 1.165) is 22.3 Å². The summed E-state index contributed by atoms with van der Waals surface area (Å²) in [6, 6.07) is 19.8. The molecule has 1 amide bonds. The van der Waals surface area contributed by atoms with Crippen molar-refractivity contribution in [2.45, 2.75) is 84.5 Å². The highest BCUT2D eigenvalue weighted by Gasteiger charge is 2.47. The molecule has 1 atom stereocenters. The Morgan fingerprint density at radius 2 is 1.28 bits per heavy atom. The predicted octanol–water partition coefficient (Wildman–Crippen LogP) is 9.42. The summed E-state index contributed by atoms with van der Waals surface area (Å²) in [6.07, 6.45) is 0.445. The van der Waals surface area contributed by atoms with Gasteiger partial charge in [-0.05, 0) is 40.8 Å². The number of fused-ring (bicyclic) bond motifs is 1. The summed E-state index contributed by atoms with van der Waals surface area (Å²) in [4.78, 5) is 15.4. The Kier molecular flexibility index (Phi) is 12.2. The number of hydrogen-bond acceptors (Lipinski definition) is 7. The molecule has 9 heteroatoms. The molecule has 0 fully saturated rings. The van der Waals surface area contributed by atoms with Crippen LogP contribution in [0.1, 0.15) is 75.6 Å². The summed E-state index contributed by atoms with van der Waals surface area (Å²) < 4.78 is 37.8. The smallest absolute Gasteiger partial charge is 0.416 e. The second kappa shape index (κ2) is 15.9. The molecule has 0 bridgehead atoms. The van der Waals surface area contributed by atoms with Gasteiger partial charge in [0.05, 0.1) is 45.8 Å². The average Bonchev–Trinajstić information content (AvgIpc) is 3.06. The molecule has 1 aliphatic heterocycles. The van der Waals surface area contributed by atoms with Crippen LogP contribution >= 0.6 is 0 Å². The van der Waals surface area contributed by atoms with Crippen molar-refractivity contribution in [3.8, 4) is 17.2 Å². The van der Waals surface area contributed by atoms with Gasteiger partial charge >= 0.3 is 6.09 Å². The van der Waals surface area contributed by atoms with Crippen LogP contribution in [0.3, 0.4) is 0 Å². The highest BCUT2D eigenvalue weighted by molar-refractivity contribution is 6.77. The van der Waals surface area contributed by atoms with Crippen molar-refractivity contribution in [3.63, 3.8) is 0 Å². The SMILES string of the molecule is COC(=O)N1C(CO[Si](C(C)C)(C(C)C)C(C)C)=Cc2c(OC)c(C)c(OC)c(OCc3ccccc3)c2[C@@H]1OCc1ccccc1. The van der Waals surface area contributed by atoms with Gasteiger partial charge < -0.3 is 28.1 Å². The number of methoxy groups -OCH3 is 3. The topological polar surface area (TPSA) is 75.7 Å². The van der Waals surface area contributed by atoms with Crippen molar-refractivity contribution < 1.29 is 32.9 Å². The number of carbonyl (C=O) groups excluding carboxylic acids is 1. The van der Waals surface area contributed by atoms with Gasteiger partial charge in [-0.1, -0.05) is 102 Å². The van der Waals surface area contributed by atoms with E-state index in [9.17, 15) is 4.79 Å². The molecule has 0 aliphatic carbocycles. The highest BCUT2D eigenvalue weighted by Crippen LogP contribution is 2.52. The van der Waals surface area contributed by atoms with E-state index >= 15 is 0 Å². The number of carbonyl (C=O) groups is 1. The van der Waals surface area contributed by atoms with Gasteiger partial charge in [0.2, 0.25) is 8.32 Å². The maximum Gasteiger partial charge on any atom is 0.416 e. The zero-order valence-electron chi connectivity index (χ0n) is 29.6. The van der Waals surface area contributed by atoms with E-state index < -0.39 is 20.6 Å². The van der Waals surface area contributed by atoms with Crippen LogP contribution < -0.4 is 14.2 Å². The molecule has 0 saturated carbocycles. The molecule has 1 heterocycles. The van der Waals surface area contributed by atoms with Crippen molar-refractivity contribution in [1.82, 2.24) is 4.90 Å². The average molecular weight is 662 g/mol. The molecular formula is C38H51NO7Si. The number of hydrogen-bond donors (Lipinski definition) is 0. The van der Waals surface area contributed by atoms with E-state index in [4.69, 9.17) is 28.1 Å². The highest BCUT2D eigenvalue weighted by atomic mass is 28.4. The van der Waals surface area contributed by atoms with Gasteiger partial charge in [-0.15, -0.1) is 0 Å². The van der Waals surface area contributed by atoms with Crippen LogP contribution in [-0.4, -0.2) is 47.2 Å². The lowest BCUT2D eigenvalue weighted by atomic mass is 9.94. The lowest BCUT2D eigenvalue weighted by Crippen LogP contribution is -2.49. The molecule has 3 aromatic carbocycles. The Morgan fingerprint density at radius 3 is 1.77 bits per heavy atom. The fraction of sp³-hybridized carbons (Fsp3) is 0.447. The van der Waals surface area contributed by atoms with Crippen LogP contribution in [0.5, 0.6) is 17.2 Å². The second-order valence-corrected chi connectivity index (χ2v) is 18.3. The first kappa shape index (κ1) is 36.1. The van der Waals surface area contributed by atoms with Crippen LogP contribution in [-0.2, 0) is 27.1 Å². The van der Waals surface area contributed by atoms with Crippen LogP contribution in [0.15, 0.2) is 66.4 Å². The summed E-state index contributed by atoms with van der Waals surface area (Å²) in [6.45, 7) is 16.1. The largest absolute Gasteiger partial charge is 0.496 e. The summed E-state index contributed by atoms with van der Waals surface area (Å²) in [7, 11) is 2.30. The Morgan fingerprint density at radius 1 is 0.745 bits per heavy atom. The molecule has 3 aromatic rings. The standard InChI is InChI=1S/C38H51NO7Si/c1-25(2)47(26(3)4,27(5)6)46-24-31-21-32-33(37(39(31)38(40)43-10)45-23-30-19-15-12-16-20-30)36(35(42-9)28(7)34(32)41-8)44-22-29-17-13-11-14-18-29/h11-21,25-27,37H,22-24H2,1-10H3/t37-/m0/s1. The predicted molar refractivity (Wildman–Crippen MR) is 188 cm³/mol. The number of ether oxygens (including phenoxy) is 5. The molecule has 0 aromatic heterocycles. The van der Waals surface area contributed by atoms with Gasteiger partial charge in [-0.2, -0.15) is 0 Å². The fourth-order valence-corrected chi connectivity index (χ4v) is 12.6. The molecule has 47 heavy (non-hydrogen) atoms. The zero-order chi connectivity index (χ0) is 34.3. The minimum Gasteiger partial charge on any atom is -0.496 e. The van der Waals surface area contributed by atoms with Gasteiger partial charge in [-0.25, -0.2) is 9.69 Å². The zero-order valence-corrected chi connectivity index (χ0v) is 30.6. The molecular weight excluding hydrogens is 611 g/mol. The molecule has 0 saturated heterocycles. The first-order valence-electron chi connectivity index (χ1n) is 16.3. The van der Waals surface area contributed by atoms with Gasteiger partial charge in [0.25, 0.3) is 0 Å². The number of nitrogens with zero attached hydrogens (tertiary/aromatic N) is 1. The molecule has 0 radical (unpaired) electrons. The molecule has 0 N–H and O–H groups in total. The third-order valence-electron chi connectivity index (χ3n) is 9.20. The maximum absolute atomic E-state index is 13.8. The molecule has 1 aliphatic rings. The summed E-state index contributed by atoms with van der Waals surface area (Å²) in [5.41, 5.74) is 5.77. The summed E-state index contributed by atoms with van der Waals surface area (Å²) in [5, 5.41) is 0. The van der Waals surface area contributed by atoms with Gasteiger partial charge in [0, 0.05) is 11.1 Å². The summed E-state index contributed by atoms with van der Waals surface area (Å²) in [5.74, 6) is 1.59. The lowest BCUT2D eigenvalue weighted by Gasteiger charge is -2.44. The Bertz CT molecular complexity index is 1500. The first-order valence-corrected chi connectivity index (χ1v) is 18.5. The molecule has 0 unspecified atom stereocenters. The number of benzene rings is 3.